The quantitative estimate of drug-likeness (QED) is 0.937. The van der Waals surface area contributed by atoms with Gasteiger partial charge in [0.25, 0.3) is 5.91 Å². The molecule has 2 heterocycles. The van der Waals surface area contributed by atoms with Gasteiger partial charge in [0.05, 0.1) is 17.5 Å². The molecule has 1 aromatic heterocycles. The van der Waals surface area contributed by atoms with Gasteiger partial charge in [-0.05, 0) is 42.0 Å². The molecule has 7 heteroatoms. The molecule has 0 saturated heterocycles. The maximum Gasteiger partial charge on any atom is 0.256 e. The van der Waals surface area contributed by atoms with Gasteiger partial charge in [-0.2, -0.15) is 11.3 Å². The standard InChI is InChI=1S/C15H16N2O3S2/c1-22(19,20)17-7-2-3-11-4-5-13(9-14(11)17)16-15(18)12-6-8-21-10-12/h4-6,8-10H,2-3,7H2,1H3,(H,16,18). The van der Waals surface area contributed by atoms with Gasteiger partial charge in [-0.1, -0.05) is 6.07 Å². The molecule has 22 heavy (non-hydrogen) atoms. The van der Waals surface area contributed by atoms with E-state index in [1.807, 2.05) is 17.5 Å². The first-order valence-corrected chi connectivity index (χ1v) is 9.68. The van der Waals surface area contributed by atoms with Gasteiger partial charge < -0.3 is 5.32 Å². The van der Waals surface area contributed by atoms with Gasteiger partial charge in [0.15, 0.2) is 0 Å². The summed E-state index contributed by atoms with van der Waals surface area (Å²) < 4.78 is 25.2. The zero-order valence-electron chi connectivity index (χ0n) is 12.1. The molecule has 0 bridgehead atoms. The average molecular weight is 336 g/mol. The van der Waals surface area contributed by atoms with Gasteiger partial charge in [-0.3, -0.25) is 9.10 Å². The second kappa shape index (κ2) is 5.73. The van der Waals surface area contributed by atoms with Gasteiger partial charge in [-0.15, -0.1) is 0 Å². The molecule has 0 unspecified atom stereocenters. The van der Waals surface area contributed by atoms with E-state index in [-0.39, 0.29) is 5.91 Å². The molecule has 1 aliphatic heterocycles. The number of carbonyl (C=O) groups excluding carboxylic acids is 1. The van der Waals surface area contributed by atoms with Crippen molar-refractivity contribution >= 4 is 38.6 Å². The van der Waals surface area contributed by atoms with Crippen molar-refractivity contribution in [2.45, 2.75) is 12.8 Å². The number of hydrogen-bond donors (Lipinski definition) is 1. The minimum Gasteiger partial charge on any atom is -0.322 e. The third kappa shape index (κ3) is 3.00. The Hall–Kier alpha value is -1.86. The highest BCUT2D eigenvalue weighted by atomic mass is 32.2. The molecule has 0 saturated carbocycles. The molecule has 2 aromatic rings. The Balaban J connectivity index is 1.91. The number of hydrogen-bond acceptors (Lipinski definition) is 4. The van der Waals surface area contributed by atoms with Gasteiger partial charge in [0.2, 0.25) is 10.0 Å². The number of sulfonamides is 1. The molecule has 0 fully saturated rings. The molecule has 0 aliphatic carbocycles. The first-order chi connectivity index (χ1) is 10.4. The zero-order valence-corrected chi connectivity index (χ0v) is 13.7. The van der Waals surface area contributed by atoms with Gasteiger partial charge in [-0.25, -0.2) is 8.42 Å². The van der Waals surface area contributed by atoms with Crippen LogP contribution in [-0.4, -0.2) is 27.1 Å². The molecule has 1 aliphatic rings. The molecule has 0 spiro atoms. The number of carbonyl (C=O) groups is 1. The summed E-state index contributed by atoms with van der Waals surface area (Å²) in [5, 5.41) is 6.43. The van der Waals surface area contributed by atoms with E-state index in [4.69, 9.17) is 0 Å². The summed E-state index contributed by atoms with van der Waals surface area (Å²) in [6, 6.07) is 7.19. The molecule has 0 atom stereocenters. The lowest BCUT2D eigenvalue weighted by Gasteiger charge is -2.29. The van der Waals surface area contributed by atoms with Crippen LogP contribution in [0.2, 0.25) is 0 Å². The zero-order chi connectivity index (χ0) is 15.7. The van der Waals surface area contributed by atoms with E-state index in [1.165, 1.54) is 21.9 Å². The minimum absolute atomic E-state index is 0.192. The fourth-order valence-electron chi connectivity index (χ4n) is 2.56. The number of amides is 1. The SMILES string of the molecule is CS(=O)(=O)N1CCCc2ccc(NC(=O)c3ccsc3)cc21. The molecule has 1 N–H and O–H groups in total. The molecule has 3 rings (SSSR count). The van der Waals surface area contributed by atoms with Crippen LogP contribution >= 0.6 is 11.3 Å². The van der Waals surface area contributed by atoms with E-state index in [1.54, 1.807) is 17.5 Å². The van der Waals surface area contributed by atoms with Crippen molar-refractivity contribution in [2.24, 2.45) is 0 Å². The van der Waals surface area contributed by atoms with E-state index in [0.29, 0.717) is 23.5 Å². The van der Waals surface area contributed by atoms with Gasteiger partial charge >= 0.3 is 0 Å². The number of nitrogens with zero attached hydrogens (tertiary/aromatic N) is 1. The lowest BCUT2D eigenvalue weighted by atomic mass is 10.0. The summed E-state index contributed by atoms with van der Waals surface area (Å²) in [5.74, 6) is -0.192. The van der Waals surface area contributed by atoms with Crippen molar-refractivity contribution in [1.82, 2.24) is 0 Å². The first-order valence-electron chi connectivity index (χ1n) is 6.89. The summed E-state index contributed by atoms with van der Waals surface area (Å²) in [7, 11) is -3.31. The number of benzene rings is 1. The topological polar surface area (TPSA) is 66.5 Å². The van der Waals surface area contributed by atoms with E-state index in [9.17, 15) is 13.2 Å². The van der Waals surface area contributed by atoms with Crippen LogP contribution in [0.25, 0.3) is 0 Å². The molecule has 1 aromatic carbocycles. The third-order valence-electron chi connectivity index (χ3n) is 3.60. The monoisotopic (exact) mass is 336 g/mol. The average Bonchev–Trinajstić information content (AvgIpc) is 2.99. The molecular weight excluding hydrogens is 320 g/mol. The number of nitrogens with one attached hydrogen (secondary N) is 1. The summed E-state index contributed by atoms with van der Waals surface area (Å²) in [4.78, 5) is 12.1. The molecular formula is C15H16N2O3S2. The Kier molecular flexibility index (Phi) is 3.92. The van der Waals surface area contributed by atoms with Crippen LogP contribution in [0.3, 0.4) is 0 Å². The van der Waals surface area contributed by atoms with Crippen molar-refractivity contribution in [2.75, 3.05) is 22.4 Å². The Labute approximate surface area is 133 Å². The lowest BCUT2D eigenvalue weighted by Crippen LogP contribution is -2.34. The van der Waals surface area contributed by atoms with Crippen molar-refractivity contribution in [3.63, 3.8) is 0 Å². The van der Waals surface area contributed by atoms with Crippen LogP contribution in [0.15, 0.2) is 35.0 Å². The smallest absolute Gasteiger partial charge is 0.256 e. The first kappa shape index (κ1) is 15.1. The maximum atomic E-state index is 12.1. The normalized spacial score (nSPS) is 14.5. The molecule has 0 radical (unpaired) electrons. The van der Waals surface area contributed by atoms with Crippen LogP contribution < -0.4 is 9.62 Å². The van der Waals surface area contributed by atoms with Crippen LogP contribution in [-0.2, 0) is 16.4 Å². The number of aryl methyl sites for hydroxylation is 1. The number of fused-ring (bicyclic) bond motifs is 1. The summed E-state index contributed by atoms with van der Waals surface area (Å²) in [5.41, 5.74) is 2.86. The van der Waals surface area contributed by atoms with Crippen LogP contribution in [0.5, 0.6) is 0 Å². The fraction of sp³-hybridized carbons (Fsp3) is 0.267. The highest BCUT2D eigenvalue weighted by molar-refractivity contribution is 7.92. The Morgan fingerprint density at radius 2 is 2.14 bits per heavy atom. The van der Waals surface area contributed by atoms with E-state index >= 15 is 0 Å². The predicted octanol–water partition coefficient (Wildman–Crippen LogP) is 2.71. The Morgan fingerprint density at radius 1 is 1.32 bits per heavy atom. The van der Waals surface area contributed by atoms with Crippen molar-refractivity contribution in [3.8, 4) is 0 Å². The maximum absolute atomic E-state index is 12.1. The highest BCUT2D eigenvalue weighted by Crippen LogP contribution is 2.31. The van der Waals surface area contributed by atoms with Crippen LogP contribution in [0.1, 0.15) is 22.3 Å². The van der Waals surface area contributed by atoms with Crippen LogP contribution in [0, 0.1) is 0 Å². The Morgan fingerprint density at radius 3 is 2.82 bits per heavy atom. The lowest BCUT2D eigenvalue weighted by molar-refractivity contribution is 0.102. The van der Waals surface area contributed by atoms with Crippen LogP contribution in [0.4, 0.5) is 11.4 Å². The van der Waals surface area contributed by atoms with Crippen molar-refractivity contribution < 1.29 is 13.2 Å². The summed E-state index contributed by atoms with van der Waals surface area (Å²) in [6.45, 7) is 0.480. The summed E-state index contributed by atoms with van der Waals surface area (Å²) >= 11 is 1.46. The highest BCUT2D eigenvalue weighted by Gasteiger charge is 2.24. The molecule has 5 nitrogen and oxygen atoms in total. The van der Waals surface area contributed by atoms with Gasteiger partial charge in [0.1, 0.15) is 0 Å². The van der Waals surface area contributed by atoms with E-state index in [2.05, 4.69) is 5.32 Å². The van der Waals surface area contributed by atoms with Crippen molar-refractivity contribution in [1.29, 1.82) is 0 Å². The second-order valence-electron chi connectivity index (χ2n) is 5.25. The van der Waals surface area contributed by atoms with E-state index < -0.39 is 10.0 Å². The van der Waals surface area contributed by atoms with E-state index in [0.717, 1.165) is 18.4 Å². The molecule has 116 valence electrons. The largest absolute Gasteiger partial charge is 0.322 e. The number of thiophene rings is 1. The number of rotatable bonds is 3. The fourth-order valence-corrected chi connectivity index (χ4v) is 4.18. The molecule has 1 amide bonds. The summed E-state index contributed by atoms with van der Waals surface area (Å²) in [6.07, 6.45) is 2.86. The van der Waals surface area contributed by atoms with Crippen molar-refractivity contribution in [3.05, 3.63) is 46.2 Å². The third-order valence-corrected chi connectivity index (χ3v) is 5.47. The second-order valence-corrected chi connectivity index (χ2v) is 7.94. The number of anilines is 2. The van der Waals surface area contributed by atoms with Gasteiger partial charge in [0, 0.05) is 17.6 Å². The predicted molar refractivity (Wildman–Crippen MR) is 89.2 cm³/mol. The Bertz CT molecular complexity index is 798. The minimum atomic E-state index is -3.31.